The first kappa shape index (κ1) is 13.8. The van der Waals surface area contributed by atoms with Crippen molar-refractivity contribution in [1.82, 2.24) is 5.32 Å². The lowest BCUT2D eigenvalue weighted by Gasteiger charge is -2.06. The van der Waals surface area contributed by atoms with Gasteiger partial charge in [0.2, 0.25) is 5.91 Å². The molecule has 94 valence electrons. The van der Waals surface area contributed by atoms with Crippen LogP contribution in [0.4, 0.5) is 0 Å². The molecule has 2 rings (SSSR count). The van der Waals surface area contributed by atoms with Crippen molar-refractivity contribution in [3.05, 3.63) is 0 Å². The molecule has 3 N–H and O–H groups in total. The van der Waals surface area contributed by atoms with E-state index in [9.17, 15) is 4.79 Å². The Morgan fingerprint density at radius 1 is 1.38 bits per heavy atom. The highest BCUT2D eigenvalue weighted by atomic mass is 35.5. The molecule has 3 atom stereocenters. The molecule has 16 heavy (non-hydrogen) atoms. The second-order valence-electron chi connectivity index (χ2n) is 5.19. The summed E-state index contributed by atoms with van der Waals surface area (Å²) in [6, 6.07) is 0.187. The lowest BCUT2D eigenvalue weighted by Crippen LogP contribution is -2.30. The van der Waals surface area contributed by atoms with Crippen LogP contribution in [0, 0.1) is 17.8 Å². The zero-order chi connectivity index (χ0) is 10.8. The quantitative estimate of drug-likeness (QED) is 0.793. The van der Waals surface area contributed by atoms with Crippen molar-refractivity contribution in [2.45, 2.75) is 45.1 Å². The van der Waals surface area contributed by atoms with Crippen LogP contribution in [0.2, 0.25) is 0 Å². The van der Waals surface area contributed by atoms with Gasteiger partial charge in [-0.15, -0.1) is 12.4 Å². The highest BCUT2D eigenvalue weighted by molar-refractivity contribution is 5.85. The number of fused-ring (bicyclic) bond motifs is 1. The molecule has 0 aromatic heterocycles. The number of carbonyl (C=O) groups excluding carboxylic acids is 1. The lowest BCUT2D eigenvalue weighted by atomic mass is 10.0. The molecule has 3 unspecified atom stereocenters. The molecule has 0 bridgehead atoms. The van der Waals surface area contributed by atoms with E-state index in [1.54, 1.807) is 0 Å². The molecule has 2 aliphatic rings. The van der Waals surface area contributed by atoms with Crippen LogP contribution < -0.4 is 11.1 Å². The number of hydrogen-bond acceptors (Lipinski definition) is 2. The van der Waals surface area contributed by atoms with E-state index in [0.717, 1.165) is 13.0 Å². The lowest BCUT2D eigenvalue weighted by molar-refractivity contribution is -0.122. The third kappa shape index (κ3) is 3.11. The second kappa shape index (κ2) is 5.87. The van der Waals surface area contributed by atoms with Gasteiger partial charge in [-0.2, -0.15) is 0 Å². The minimum absolute atomic E-state index is 0. The summed E-state index contributed by atoms with van der Waals surface area (Å²) >= 11 is 0. The topological polar surface area (TPSA) is 55.1 Å². The molecular weight excluding hydrogens is 224 g/mol. The van der Waals surface area contributed by atoms with E-state index in [1.165, 1.54) is 25.7 Å². The van der Waals surface area contributed by atoms with E-state index < -0.39 is 0 Å². The van der Waals surface area contributed by atoms with Gasteiger partial charge in [-0.05, 0) is 38.0 Å². The van der Waals surface area contributed by atoms with Crippen molar-refractivity contribution in [1.29, 1.82) is 0 Å². The van der Waals surface area contributed by atoms with Gasteiger partial charge in [0.05, 0.1) is 0 Å². The van der Waals surface area contributed by atoms with Gasteiger partial charge in [0.1, 0.15) is 0 Å². The van der Waals surface area contributed by atoms with Gasteiger partial charge in [-0.1, -0.05) is 12.8 Å². The predicted molar refractivity (Wildman–Crippen MR) is 67.5 cm³/mol. The fraction of sp³-hybridized carbons (Fsp3) is 0.917. The Balaban J connectivity index is 0.00000128. The molecule has 0 aromatic rings. The SMILES string of the molecule is CC(N)CCNC(=O)C1C2CCCCC21.Cl. The maximum absolute atomic E-state index is 11.8. The molecule has 2 saturated carbocycles. The molecular formula is C12H23ClN2O. The molecule has 0 radical (unpaired) electrons. The summed E-state index contributed by atoms with van der Waals surface area (Å²) in [6.07, 6.45) is 6.08. The van der Waals surface area contributed by atoms with Gasteiger partial charge in [0.15, 0.2) is 0 Å². The monoisotopic (exact) mass is 246 g/mol. The van der Waals surface area contributed by atoms with Crippen molar-refractivity contribution < 1.29 is 4.79 Å². The molecule has 0 aromatic carbocycles. The van der Waals surface area contributed by atoms with Crippen molar-refractivity contribution in [3.8, 4) is 0 Å². The van der Waals surface area contributed by atoms with Crippen LogP contribution >= 0.6 is 12.4 Å². The zero-order valence-corrected chi connectivity index (χ0v) is 10.8. The largest absolute Gasteiger partial charge is 0.356 e. The van der Waals surface area contributed by atoms with Crippen molar-refractivity contribution in [2.75, 3.05) is 6.54 Å². The third-order valence-electron chi connectivity index (χ3n) is 3.86. The minimum atomic E-state index is 0. The molecule has 4 heteroatoms. The van der Waals surface area contributed by atoms with Gasteiger partial charge in [0.25, 0.3) is 0 Å². The zero-order valence-electron chi connectivity index (χ0n) is 9.95. The number of amides is 1. The molecule has 0 aliphatic heterocycles. The molecule has 0 heterocycles. The average Bonchev–Trinajstić information content (AvgIpc) is 2.90. The maximum atomic E-state index is 11.8. The number of nitrogens with two attached hydrogens (primary N) is 1. The normalized spacial score (nSPS) is 33.2. The van der Waals surface area contributed by atoms with Crippen LogP contribution in [-0.2, 0) is 4.79 Å². The van der Waals surface area contributed by atoms with Gasteiger partial charge in [-0.25, -0.2) is 0 Å². The Morgan fingerprint density at radius 3 is 2.44 bits per heavy atom. The maximum Gasteiger partial charge on any atom is 0.223 e. The Labute approximate surface area is 104 Å². The molecule has 0 spiro atoms. The van der Waals surface area contributed by atoms with Crippen LogP contribution in [0.5, 0.6) is 0 Å². The van der Waals surface area contributed by atoms with Crippen LogP contribution in [-0.4, -0.2) is 18.5 Å². The van der Waals surface area contributed by atoms with Crippen LogP contribution in [0.1, 0.15) is 39.0 Å². The van der Waals surface area contributed by atoms with Crippen molar-refractivity contribution in [2.24, 2.45) is 23.5 Å². The number of nitrogens with one attached hydrogen (secondary N) is 1. The summed E-state index contributed by atoms with van der Waals surface area (Å²) in [5, 5.41) is 3.01. The summed E-state index contributed by atoms with van der Waals surface area (Å²) in [6.45, 7) is 2.72. The first-order valence-corrected chi connectivity index (χ1v) is 6.23. The Hall–Kier alpha value is -0.280. The Kier molecular flexibility index (Phi) is 5.06. The van der Waals surface area contributed by atoms with Crippen molar-refractivity contribution >= 4 is 18.3 Å². The second-order valence-corrected chi connectivity index (χ2v) is 5.19. The molecule has 2 aliphatic carbocycles. The molecule has 3 nitrogen and oxygen atoms in total. The Bertz CT molecular complexity index is 233. The van der Waals surface area contributed by atoms with Crippen molar-refractivity contribution in [3.63, 3.8) is 0 Å². The summed E-state index contributed by atoms with van der Waals surface area (Å²) in [4.78, 5) is 11.8. The third-order valence-corrected chi connectivity index (χ3v) is 3.86. The standard InChI is InChI=1S/C12H22N2O.ClH/c1-8(13)6-7-14-12(15)11-9-4-2-3-5-10(9)11;/h8-11H,2-7,13H2,1H3,(H,14,15);1H. The summed E-state index contributed by atoms with van der Waals surface area (Å²) in [5.74, 6) is 2.07. The Morgan fingerprint density at radius 2 is 1.94 bits per heavy atom. The molecule has 0 saturated heterocycles. The fourth-order valence-electron chi connectivity index (χ4n) is 2.92. The van der Waals surface area contributed by atoms with E-state index in [-0.39, 0.29) is 24.4 Å². The average molecular weight is 247 g/mol. The van der Waals surface area contributed by atoms with Gasteiger partial charge < -0.3 is 11.1 Å². The first-order valence-electron chi connectivity index (χ1n) is 6.23. The van der Waals surface area contributed by atoms with Gasteiger partial charge >= 0.3 is 0 Å². The van der Waals surface area contributed by atoms with Crippen LogP contribution in [0.25, 0.3) is 0 Å². The first-order chi connectivity index (χ1) is 7.20. The van der Waals surface area contributed by atoms with E-state index >= 15 is 0 Å². The highest BCUT2D eigenvalue weighted by Crippen LogP contribution is 2.55. The number of halogens is 1. The summed E-state index contributed by atoms with van der Waals surface area (Å²) in [5.41, 5.74) is 5.64. The van der Waals surface area contributed by atoms with Gasteiger partial charge in [-0.3, -0.25) is 4.79 Å². The highest BCUT2D eigenvalue weighted by Gasteiger charge is 2.54. The van der Waals surface area contributed by atoms with Crippen LogP contribution in [0.15, 0.2) is 0 Å². The van der Waals surface area contributed by atoms with Gasteiger partial charge in [0, 0.05) is 18.5 Å². The van der Waals surface area contributed by atoms with Crippen LogP contribution in [0.3, 0.4) is 0 Å². The summed E-state index contributed by atoms with van der Waals surface area (Å²) < 4.78 is 0. The molecule has 2 fully saturated rings. The van der Waals surface area contributed by atoms with E-state index in [1.807, 2.05) is 6.92 Å². The number of rotatable bonds is 4. The smallest absolute Gasteiger partial charge is 0.223 e. The van der Waals surface area contributed by atoms with E-state index in [0.29, 0.717) is 17.8 Å². The fourth-order valence-corrected chi connectivity index (χ4v) is 2.92. The van der Waals surface area contributed by atoms with E-state index in [4.69, 9.17) is 5.73 Å². The summed E-state index contributed by atoms with van der Waals surface area (Å²) in [7, 11) is 0. The number of carbonyl (C=O) groups is 1. The van der Waals surface area contributed by atoms with E-state index in [2.05, 4.69) is 5.32 Å². The minimum Gasteiger partial charge on any atom is -0.356 e. The molecule has 1 amide bonds. The predicted octanol–water partition coefficient (Wildman–Crippen LogP) is 1.70. The number of hydrogen-bond donors (Lipinski definition) is 2.